The first-order valence-electron chi connectivity index (χ1n) is 6.79. The molecule has 1 saturated carbocycles. The molecule has 1 aliphatic heterocycles. The van der Waals surface area contributed by atoms with Gasteiger partial charge in [0.05, 0.1) is 6.54 Å². The van der Waals surface area contributed by atoms with Crippen LogP contribution in [-0.2, 0) is 17.8 Å². The summed E-state index contributed by atoms with van der Waals surface area (Å²) in [7, 11) is 0. The predicted octanol–water partition coefficient (Wildman–Crippen LogP) is 2.02. The molecular formula is C14H20N2OS. The second-order valence-electron chi connectivity index (χ2n) is 5.59. The molecule has 18 heavy (non-hydrogen) atoms. The average molecular weight is 264 g/mol. The summed E-state index contributed by atoms with van der Waals surface area (Å²) >= 11 is 1.82. The van der Waals surface area contributed by atoms with E-state index in [2.05, 4.69) is 23.7 Å². The molecule has 0 atom stereocenters. The zero-order valence-corrected chi connectivity index (χ0v) is 11.6. The van der Waals surface area contributed by atoms with E-state index >= 15 is 0 Å². The third kappa shape index (κ3) is 2.45. The number of thiophene rings is 1. The number of carbonyl (C=O) groups is 1. The Bertz CT molecular complexity index is 437. The van der Waals surface area contributed by atoms with E-state index < -0.39 is 0 Å². The average Bonchev–Trinajstić information content (AvgIpc) is 2.79. The maximum atomic E-state index is 12.1. The molecule has 0 radical (unpaired) electrons. The number of nitrogens with one attached hydrogen (secondary N) is 1. The lowest BCUT2D eigenvalue weighted by molar-refractivity contribution is -0.131. The van der Waals surface area contributed by atoms with Crippen LogP contribution in [0.4, 0.5) is 0 Å². The highest BCUT2D eigenvalue weighted by molar-refractivity contribution is 7.10. The van der Waals surface area contributed by atoms with Crippen LogP contribution in [0.2, 0.25) is 0 Å². The summed E-state index contributed by atoms with van der Waals surface area (Å²) in [6, 6.07) is 2.73. The van der Waals surface area contributed by atoms with E-state index in [0.29, 0.717) is 12.6 Å². The number of amides is 1. The van der Waals surface area contributed by atoms with Crippen molar-refractivity contribution in [2.24, 2.45) is 5.92 Å². The first kappa shape index (κ1) is 12.2. The van der Waals surface area contributed by atoms with Crippen molar-refractivity contribution in [2.75, 3.05) is 13.1 Å². The maximum Gasteiger partial charge on any atom is 0.236 e. The molecule has 3 nitrogen and oxygen atoms in total. The van der Waals surface area contributed by atoms with Gasteiger partial charge in [0.25, 0.3) is 0 Å². The number of hydrogen-bond donors (Lipinski definition) is 1. The lowest BCUT2D eigenvalue weighted by Crippen LogP contribution is -2.47. The summed E-state index contributed by atoms with van der Waals surface area (Å²) < 4.78 is 0. The summed E-state index contributed by atoms with van der Waals surface area (Å²) in [5.41, 5.74) is 1.34. The predicted molar refractivity (Wildman–Crippen MR) is 73.6 cm³/mol. The Balaban J connectivity index is 1.48. The first-order chi connectivity index (χ1) is 8.72. The molecule has 0 bridgehead atoms. The van der Waals surface area contributed by atoms with Crippen LogP contribution in [0.25, 0.3) is 0 Å². The normalized spacial score (nSPS) is 26.6. The lowest BCUT2D eigenvalue weighted by atomic mass is 9.82. The van der Waals surface area contributed by atoms with E-state index in [1.807, 2.05) is 16.2 Å². The van der Waals surface area contributed by atoms with Gasteiger partial charge in [-0.2, -0.15) is 0 Å². The third-order valence-electron chi connectivity index (χ3n) is 4.08. The van der Waals surface area contributed by atoms with E-state index in [1.165, 1.54) is 23.3 Å². The molecule has 1 aromatic heterocycles. The van der Waals surface area contributed by atoms with Crippen LogP contribution in [0.3, 0.4) is 0 Å². The molecule has 0 aromatic carbocycles. The molecule has 1 N–H and O–H groups in total. The van der Waals surface area contributed by atoms with Crippen LogP contribution in [0.15, 0.2) is 11.4 Å². The highest BCUT2D eigenvalue weighted by Crippen LogP contribution is 2.26. The summed E-state index contributed by atoms with van der Waals surface area (Å²) in [5, 5.41) is 5.51. The van der Waals surface area contributed by atoms with Gasteiger partial charge in [-0.25, -0.2) is 0 Å². The maximum absolute atomic E-state index is 12.1. The minimum absolute atomic E-state index is 0.256. The smallest absolute Gasteiger partial charge is 0.236 e. The Hall–Kier alpha value is -0.870. The van der Waals surface area contributed by atoms with Crippen molar-refractivity contribution in [1.82, 2.24) is 10.2 Å². The van der Waals surface area contributed by atoms with Crippen molar-refractivity contribution in [3.8, 4) is 0 Å². The lowest BCUT2D eigenvalue weighted by Gasteiger charge is -2.34. The SMILES string of the molecule is CC1CC(NCC(=O)N2CCc3sccc3C2)C1. The van der Waals surface area contributed by atoms with Crippen LogP contribution in [0, 0.1) is 5.92 Å². The van der Waals surface area contributed by atoms with E-state index in [1.54, 1.807) is 0 Å². The molecule has 2 aliphatic rings. The molecule has 0 unspecified atom stereocenters. The van der Waals surface area contributed by atoms with E-state index in [0.717, 1.165) is 25.4 Å². The molecule has 1 amide bonds. The quantitative estimate of drug-likeness (QED) is 0.906. The highest BCUT2D eigenvalue weighted by Gasteiger charge is 2.26. The molecule has 2 heterocycles. The Labute approximate surface area is 112 Å². The summed E-state index contributed by atoms with van der Waals surface area (Å²) in [5.74, 6) is 1.09. The van der Waals surface area contributed by atoms with Gasteiger partial charge in [-0.1, -0.05) is 6.92 Å². The first-order valence-corrected chi connectivity index (χ1v) is 7.66. The Morgan fingerprint density at radius 1 is 1.56 bits per heavy atom. The molecular weight excluding hydrogens is 244 g/mol. The molecule has 0 spiro atoms. The largest absolute Gasteiger partial charge is 0.337 e. The van der Waals surface area contributed by atoms with Crippen LogP contribution >= 0.6 is 11.3 Å². The molecule has 1 aliphatic carbocycles. The molecule has 98 valence electrons. The van der Waals surface area contributed by atoms with Gasteiger partial charge in [-0.15, -0.1) is 11.3 Å². The van der Waals surface area contributed by atoms with Crippen LogP contribution in [0.1, 0.15) is 30.2 Å². The van der Waals surface area contributed by atoms with E-state index in [4.69, 9.17) is 0 Å². The van der Waals surface area contributed by atoms with Crippen LogP contribution in [0.5, 0.6) is 0 Å². The number of fused-ring (bicyclic) bond motifs is 1. The van der Waals surface area contributed by atoms with Crippen molar-refractivity contribution in [3.05, 3.63) is 21.9 Å². The Kier molecular flexibility index (Phi) is 3.39. The molecule has 0 saturated heterocycles. The zero-order chi connectivity index (χ0) is 12.5. The number of hydrogen-bond acceptors (Lipinski definition) is 3. The van der Waals surface area contributed by atoms with Crippen molar-refractivity contribution in [1.29, 1.82) is 0 Å². The van der Waals surface area contributed by atoms with Gasteiger partial charge in [-0.3, -0.25) is 4.79 Å². The molecule has 1 aromatic rings. The van der Waals surface area contributed by atoms with Crippen molar-refractivity contribution in [2.45, 2.75) is 38.8 Å². The van der Waals surface area contributed by atoms with Gasteiger partial charge in [0, 0.05) is 24.0 Å². The van der Waals surface area contributed by atoms with Gasteiger partial charge in [0.1, 0.15) is 0 Å². The van der Waals surface area contributed by atoms with Gasteiger partial charge >= 0.3 is 0 Å². The summed E-state index contributed by atoms with van der Waals surface area (Å²) in [6.07, 6.45) is 3.48. The van der Waals surface area contributed by atoms with E-state index in [-0.39, 0.29) is 5.91 Å². The fraction of sp³-hybridized carbons (Fsp3) is 0.643. The number of rotatable bonds is 3. The summed E-state index contributed by atoms with van der Waals surface area (Å²) in [6.45, 7) is 4.47. The van der Waals surface area contributed by atoms with Crippen LogP contribution < -0.4 is 5.32 Å². The third-order valence-corrected chi connectivity index (χ3v) is 5.10. The summed E-state index contributed by atoms with van der Waals surface area (Å²) in [4.78, 5) is 15.6. The van der Waals surface area contributed by atoms with E-state index in [9.17, 15) is 4.79 Å². The van der Waals surface area contributed by atoms with Gasteiger partial charge in [0.15, 0.2) is 0 Å². The van der Waals surface area contributed by atoms with Crippen molar-refractivity contribution in [3.63, 3.8) is 0 Å². The van der Waals surface area contributed by atoms with Gasteiger partial charge in [-0.05, 0) is 42.2 Å². The standard InChI is InChI=1S/C14H20N2OS/c1-10-6-12(7-10)15-8-14(17)16-4-2-13-11(9-16)3-5-18-13/h3,5,10,12,15H,2,4,6-9H2,1H3. The van der Waals surface area contributed by atoms with Crippen molar-refractivity contribution < 1.29 is 4.79 Å². The number of carbonyl (C=O) groups excluding carboxylic acids is 1. The molecule has 3 rings (SSSR count). The highest BCUT2D eigenvalue weighted by atomic mass is 32.1. The number of nitrogens with zero attached hydrogens (tertiary/aromatic N) is 1. The fourth-order valence-electron chi connectivity index (χ4n) is 2.87. The Morgan fingerprint density at radius 2 is 2.39 bits per heavy atom. The second kappa shape index (κ2) is 5.02. The molecule has 1 fully saturated rings. The fourth-order valence-corrected chi connectivity index (χ4v) is 3.76. The van der Waals surface area contributed by atoms with Crippen LogP contribution in [-0.4, -0.2) is 29.9 Å². The van der Waals surface area contributed by atoms with Gasteiger partial charge < -0.3 is 10.2 Å². The second-order valence-corrected chi connectivity index (χ2v) is 6.59. The minimum Gasteiger partial charge on any atom is -0.337 e. The minimum atomic E-state index is 0.256. The zero-order valence-electron chi connectivity index (χ0n) is 10.8. The topological polar surface area (TPSA) is 32.3 Å². The molecule has 4 heteroatoms. The van der Waals surface area contributed by atoms with Crippen molar-refractivity contribution >= 4 is 17.2 Å². The monoisotopic (exact) mass is 264 g/mol. The Morgan fingerprint density at radius 3 is 3.17 bits per heavy atom. The van der Waals surface area contributed by atoms with Gasteiger partial charge in [0.2, 0.25) is 5.91 Å².